The number of anilines is 1. The molecule has 0 spiro atoms. The number of hydrogen-bond donors (Lipinski definition) is 2. The number of carbonyl (C=O) groups is 2. The van der Waals surface area contributed by atoms with Gasteiger partial charge >= 0.3 is 0 Å². The van der Waals surface area contributed by atoms with Crippen LogP contribution in [0.25, 0.3) is 0 Å². The maximum atomic E-state index is 12.8. The van der Waals surface area contributed by atoms with E-state index in [1.54, 1.807) is 42.5 Å². The minimum Gasteiger partial charge on any atom is -0.495 e. The van der Waals surface area contributed by atoms with Gasteiger partial charge in [0.15, 0.2) is 0 Å². The quantitative estimate of drug-likeness (QED) is 0.746. The lowest BCUT2D eigenvalue weighted by Crippen LogP contribution is -2.47. The van der Waals surface area contributed by atoms with E-state index in [9.17, 15) is 9.59 Å². The molecule has 27 heavy (non-hydrogen) atoms. The molecule has 1 atom stereocenters. The fraction of sp³-hybridized carbons (Fsp3) is 0.333. The van der Waals surface area contributed by atoms with Crippen molar-refractivity contribution in [1.82, 2.24) is 5.32 Å². The molecule has 0 radical (unpaired) electrons. The number of nitrogens with one attached hydrogen (secondary N) is 2. The van der Waals surface area contributed by atoms with E-state index >= 15 is 0 Å². The van der Waals surface area contributed by atoms with Crippen LogP contribution in [0.15, 0.2) is 48.5 Å². The Bertz CT molecular complexity index is 789. The molecular weight excluding hydrogens is 344 g/mol. The molecule has 0 bridgehead atoms. The highest BCUT2D eigenvalue weighted by Crippen LogP contribution is 2.24. The van der Waals surface area contributed by atoms with Crippen molar-refractivity contribution in [2.24, 2.45) is 5.92 Å². The zero-order valence-electron chi connectivity index (χ0n) is 16.1. The fourth-order valence-electron chi connectivity index (χ4n) is 2.65. The second-order valence-corrected chi connectivity index (χ2v) is 6.31. The van der Waals surface area contributed by atoms with Crippen molar-refractivity contribution >= 4 is 17.5 Å². The molecule has 6 nitrogen and oxygen atoms in total. The van der Waals surface area contributed by atoms with E-state index in [0.717, 1.165) is 0 Å². The molecule has 6 heteroatoms. The van der Waals surface area contributed by atoms with Crippen LogP contribution in [0, 0.1) is 5.92 Å². The summed E-state index contributed by atoms with van der Waals surface area (Å²) in [6, 6.07) is 13.4. The lowest BCUT2D eigenvalue weighted by molar-refractivity contribution is -0.118. The molecule has 0 aromatic heterocycles. The van der Waals surface area contributed by atoms with Gasteiger partial charge in [0, 0.05) is 0 Å². The Labute approximate surface area is 159 Å². The number of rotatable bonds is 8. The van der Waals surface area contributed by atoms with Gasteiger partial charge in [-0.05, 0) is 37.1 Å². The minimum atomic E-state index is -0.711. The van der Waals surface area contributed by atoms with E-state index in [1.165, 1.54) is 7.11 Å². The molecule has 0 aliphatic rings. The Hall–Kier alpha value is -3.02. The van der Waals surface area contributed by atoms with Gasteiger partial charge in [0.05, 0.1) is 25.0 Å². The molecule has 2 amide bonds. The summed E-state index contributed by atoms with van der Waals surface area (Å²) in [5, 5.41) is 5.65. The van der Waals surface area contributed by atoms with Crippen LogP contribution in [-0.2, 0) is 4.79 Å². The topological polar surface area (TPSA) is 76.7 Å². The number of para-hydroxylation sites is 3. The summed E-state index contributed by atoms with van der Waals surface area (Å²) >= 11 is 0. The average molecular weight is 370 g/mol. The third-order valence-electron chi connectivity index (χ3n) is 4.03. The summed E-state index contributed by atoms with van der Waals surface area (Å²) in [4.78, 5) is 25.5. The predicted molar refractivity (Wildman–Crippen MR) is 105 cm³/mol. The van der Waals surface area contributed by atoms with Crippen LogP contribution in [-0.4, -0.2) is 31.6 Å². The second kappa shape index (κ2) is 9.62. The SMILES string of the molecule is CCOc1ccccc1C(=O)NC(C(=O)Nc1ccccc1OC)C(C)C. The second-order valence-electron chi connectivity index (χ2n) is 6.31. The maximum absolute atomic E-state index is 12.8. The van der Waals surface area contributed by atoms with Gasteiger partial charge < -0.3 is 20.1 Å². The fourth-order valence-corrected chi connectivity index (χ4v) is 2.65. The molecule has 0 aliphatic heterocycles. The number of ether oxygens (including phenoxy) is 2. The van der Waals surface area contributed by atoms with Gasteiger partial charge in [-0.25, -0.2) is 0 Å². The lowest BCUT2D eigenvalue weighted by atomic mass is 10.0. The van der Waals surface area contributed by atoms with Crippen LogP contribution in [0.5, 0.6) is 11.5 Å². The van der Waals surface area contributed by atoms with Gasteiger partial charge in [-0.15, -0.1) is 0 Å². The summed E-state index contributed by atoms with van der Waals surface area (Å²) < 4.78 is 10.8. The highest BCUT2D eigenvalue weighted by atomic mass is 16.5. The van der Waals surface area contributed by atoms with E-state index in [4.69, 9.17) is 9.47 Å². The summed E-state index contributed by atoms with van der Waals surface area (Å²) in [6.07, 6.45) is 0. The number of amides is 2. The Morgan fingerprint density at radius 1 is 1.00 bits per heavy atom. The molecule has 1 unspecified atom stereocenters. The first-order valence-electron chi connectivity index (χ1n) is 8.94. The third kappa shape index (κ3) is 5.23. The van der Waals surface area contributed by atoms with Crippen LogP contribution in [0.2, 0.25) is 0 Å². The van der Waals surface area contributed by atoms with Crippen molar-refractivity contribution in [3.05, 3.63) is 54.1 Å². The molecule has 0 heterocycles. The largest absolute Gasteiger partial charge is 0.495 e. The zero-order chi connectivity index (χ0) is 19.8. The molecule has 2 aromatic carbocycles. The minimum absolute atomic E-state index is 0.108. The zero-order valence-corrected chi connectivity index (χ0v) is 16.1. The first-order valence-corrected chi connectivity index (χ1v) is 8.94. The average Bonchev–Trinajstić information content (AvgIpc) is 2.66. The molecule has 0 saturated heterocycles. The van der Waals surface area contributed by atoms with Gasteiger partial charge in [0.2, 0.25) is 5.91 Å². The highest BCUT2D eigenvalue weighted by Gasteiger charge is 2.26. The summed E-state index contributed by atoms with van der Waals surface area (Å²) in [5.41, 5.74) is 0.953. The normalized spacial score (nSPS) is 11.6. The molecule has 0 aliphatic carbocycles. The van der Waals surface area contributed by atoms with Crippen LogP contribution < -0.4 is 20.1 Å². The third-order valence-corrected chi connectivity index (χ3v) is 4.03. The summed E-state index contributed by atoms with van der Waals surface area (Å²) in [7, 11) is 1.54. The van der Waals surface area contributed by atoms with Crippen LogP contribution in [0.3, 0.4) is 0 Å². The first-order chi connectivity index (χ1) is 13.0. The van der Waals surface area contributed by atoms with Crippen LogP contribution in [0.4, 0.5) is 5.69 Å². The molecular formula is C21H26N2O4. The Kier molecular flexibility index (Phi) is 7.23. The number of carbonyl (C=O) groups excluding carboxylic acids is 2. The van der Waals surface area contributed by atoms with Gasteiger partial charge in [-0.2, -0.15) is 0 Å². The summed E-state index contributed by atoms with van der Waals surface area (Å²) in [6.45, 7) is 6.06. The molecule has 144 valence electrons. The highest BCUT2D eigenvalue weighted by molar-refractivity contribution is 6.03. The first kappa shape index (κ1) is 20.3. The lowest BCUT2D eigenvalue weighted by Gasteiger charge is -2.23. The van der Waals surface area contributed by atoms with Crippen molar-refractivity contribution in [1.29, 1.82) is 0 Å². The molecule has 0 fully saturated rings. The predicted octanol–water partition coefficient (Wildman–Crippen LogP) is 3.49. The smallest absolute Gasteiger partial charge is 0.255 e. The molecule has 0 saturated carbocycles. The van der Waals surface area contributed by atoms with E-state index in [2.05, 4.69) is 10.6 Å². The van der Waals surface area contributed by atoms with E-state index in [0.29, 0.717) is 29.4 Å². The van der Waals surface area contributed by atoms with Gasteiger partial charge in [0.25, 0.3) is 5.91 Å². The van der Waals surface area contributed by atoms with Gasteiger partial charge in [-0.3, -0.25) is 9.59 Å². The number of methoxy groups -OCH3 is 1. The maximum Gasteiger partial charge on any atom is 0.255 e. The van der Waals surface area contributed by atoms with Crippen LogP contribution >= 0.6 is 0 Å². The Balaban J connectivity index is 2.18. The Morgan fingerprint density at radius 2 is 1.63 bits per heavy atom. The standard InChI is InChI=1S/C21H26N2O4/c1-5-27-17-12-8-6-10-15(17)20(24)23-19(14(2)3)21(25)22-16-11-7-9-13-18(16)26-4/h6-14,19H,5H2,1-4H3,(H,22,25)(H,23,24). The van der Waals surface area contributed by atoms with Gasteiger partial charge in [0.1, 0.15) is 17.5 Å². The number of benzene rings is 2. The monoisotopic (exact) mass is 370 g/mol. The number of hydrogen-bond acceptors (Lipinski definition) is 4. The Morgan fingerprint density at radius 3 is 2.26 bits per heavy atom. The summed E-state index contributed by atoms with van der Waals surface area (Å²) in [5.74, 6) is 0.277. The van der Waals surface area contributed by atoms with E-state index in [-0.39, 0.29) is 17.7 Å². The van der Waals surface area contributed by atoms with Crippen molar-refractivity contribution in [3.8, 4) is 11.5 Å². The van der Waals surface area contributed by atoms with Crippen molar-refractivity contribution in [2.45, 2.75) is 26.8 Å². The molecule has 2 N–H and O–H groups in total. The van der Waals surface area contributed by atoms with Crippen molar-refractivity contribution in [2.75, 3.05) is 19.0 Å². The van der Waals surface area contributed by atoms with Crippen molar-refractivity contribution < 1.29 is 19.1 Å². The molecule has 2 rings (SSSR count). The van der Waals surface area contributed by atoms with Crippen LogP contribution in [0.1, 0.15) is 31.1 Å². The van der Waals surface area contributed by atoms with E-state index in [1.807, 2.05) is 26.8 Å². The van der Waals surface area contributed by atoms with Gasteiger partial charge in [-0.1, -0.05) is 38.1 Å². The molecule has 2 aromatic rings. The van der Waals surface area contributed by atoms with Crippen molar-refractivity contribution in [3.63, 3.8) is 0 Å². The van der Waals surface area contributed by atoms with E-state index < -0.39 is 6.04 Å².